The number of carboxylic acids is 1. The number of amides is 1. The van der Waals surface area contributed by atoms with Crippen molar-refractivity contribution in [3.8, 4) is 0 Å². The van der Waals surface area contributed by atoms with Gasteiger partial charge in [0.2, 0.25) is 5.91 Å². The molecule has 0 unspecified atom stereocenters. The molecule has 5 nitrogen and oxygen atoms in total. The predicted molar refractivity (Wildman–Crippen MR) is 48.4 cm³/mol. The highest BCUT2D eigenvalue weighted by atomic mass is 16.4. The van der Waals surface area contributed by atoms with E-state index in [1.165, 1.54) is 6.92 Å². The van der Waals surface area contributed by atoms with Gasteiger partial charge in [0.15, 0.2) is 0 Å². The first-order valence-corrected chi connectivity index (χ1v) is 4.19. The van der Waals surface area contributed by atoms with Crippen molar-refractivity contribution in [1.29, 1.82) is 0 Å². The zero-order chi connectivity index (χ0) is 10.4. The lowest BCUT2D eigenvalue weighted by molar-refractivity contribution is -0.139. The van der Waals surface area contributed by atoms with E-state index in [1.54, 1.807) is 0 Å². The molecule has 0 aromatic heterocycles. The second-order valence-electron chi connectivity index (χ2n) is 3.16. The average Bonchev–Trinajstić information content (AvgIpc) is 1.98. The van der Waals surface area contributed by atoms with Crippen molar-refractivity contribution in [2.24, 2.45) is 0 Å². The van der Waals surface area contributed by atoms with E-state index in [9.17, 15) is 9.59 Å². The number of hydrogen-bond donors (Lipinski definition) is 3. The van der Waals surface area contributed by atoms with E-state index >= 15 is 0 Å². The summed E-state index contributed by atoms with van der Waals surface area (Å²) in [5, 5.41) is 13.7. The van der Waals surface area contributed by atoms with E-state index in [4.69, 9.17) is 5.11 Å². The molecule has 13 heavy (non-hydrogen) atoms. The van der Waals surface area contributed by atoms with Gasteiger partial charge >= 0.3 is 5.97 Å². The number of hydrogen-bond acceptors (Lipinski definition) is 3. The molecule has 0 aliphatic rings. The van der Waals surface area contributed by atoms with Crippen molar-refractivity contribution in [2.75, 3.05) is 6.54 Å². The van der Waals surface area contributed by atoms with Crippen LogP contribution in [-0.2, 0) is 9.59 Å². The third-order valence-electron chi connectivity index (χ3n) is 1.39. The van der Waals surface area contributed by atoms with Crippen LogP contribution in [0.5, 0.6) is 0 Å². The van der Waals surface area contributed by atoms with E-state index in [0.29, 0.717) is 0 Å². The first-order chi connectivity index (χ1) is 5.93. The second-order valence-corrected chi connectivity index (χ2v) is 3.16. The normalized spacial score (nSPS) is 12.6. The van der Waals surface area contributed by atoms with Crippen LogP contribution in [0.4, 0.5) is 0 Å². The maximum absolute atomic E-state index is 11.0. The molecule has 0 radical (unpaired) electrons. The van der Waals surface area contributed by atoms with Crippen LogP contribution < -0.4 is 10.6 Å². The third kappa shape index (κ3) is 6.10. The van der Waals surface area contributed by atoms with Crippen LogP contribution >= 0.6 is 0 Å². The molecule has 76 valence electrons. The molecular formula is C8H16N2O3. The van der Waals surface area contributed by atoms with Crippen molar-refractivity contribution >= 4 is 11.9 Å². The van der Waals surface area contributed by atoms with Crippen LogP contribution in [0, 0.1) is 0 Å². The molecule has 3 N–H and O–H groups in total. The van der Waals surface area contributed by atoms with Crippen LogP contribution in [0.3, 0.4) is 0 Å². The van der Waals surface area contributed by atoms with Crippen molar-refractivity contribution in [3.05, 3.63) is 0 Å². The van der Waals surface area contributed by atoms with Gasteiger partial charge in [-0.05, 0) is 20.8 Å². The van der Waals surface area contributed by atoms with Crippen LogP contribution in [-0.4, -0.2) is 35.6 Å². The number of carbonyl (C=O) groups excluding carboxylic acids is 1. The summed E-state index contributed by atoms with van der Waals surface area (Å²) in [4.78, 5) is 21.4. The van der Waals surface area contributed by atoms with Gasteiger partial charge in [-0.25, -0.2) is 0 Å². The Hall–Kier alpha value is -1.10. The van der Waals surface area contributed by atoms with Crippen molar-refractivity contribution in [2.45, 2.75) is 32.9 Å². The Kier molecular flexibility index (Phi) is 5.06. The van der Waals surface area contributed by atoms with Crippen LogP contribution in [0.15, 0.2) is 0 Å². The fourth-order valence-corrected chi connectivity index (χ4v) is 0.706. The largest absolute Gasteiger partial charge is 0.480 e. The van der Waals surface area contributed by atoms with Gasteiger partial charge in [0, 0.05) is 6.04 Å². The summed E-state index contributed by atoms with van der Waals surface area (Å²) in [5.41, 5.74) is 0. The van der Waals surface area contributed by atoms with Gasteiger partial charge < -0.3 is 10.4 Å². The maximum Gasteiger partial charge on any atom is 0.320 e. The SMILES string of the molecule is CC(C)NC(=O)CN[C@H](C)C(=O)O. The maximum atomic E-state index is 11.0. The molecule has 0 rings (SSSR count). The summed E-state index contributed by atoms with van der Waals surface area (Å²) in [7, 11) is 0. The Balaban J connectivity index is 3.64. The predicted octanol–water partition coefficient (Wildman–Crippen LogP) is -0.426. The fraction of sp³-hybridized carbons (Fsp3) is 0.750. The Morgan fingerprint density at radius 3 is 2.23 bits per heavy atom. The van der Waals surface area contributed by atoms with E-state index in [0.717, 1.165) is 0 Å². The van der Waals surface area contributed by atoms with Crippen LogP contribution in [0.25, 0.3) is 0 Å². The number of rotatable bonds is 5. The van der Waals surface area contributed by atoms with Gasteiger partial charge in [0.1, 0.15) is 6.04 Å². The van der Waals surface area contributed by atoms with Crippen LogP contribution in [0.1, 0.15) is 20.8 Å². The highest BCUT2D eigenvalue weighted by Crippen LogP contribution is 1.81. The molecule has 0 spiro atoms. The minimum atomic E-state index is -0.961. The molecule has 0 aromatic rings. The first-order valence-electron chi connectivity index (χ1n) is 4.19. The minimum absolute atomic E-state index is 0.0334. The van der Waals surface area contributed by atoms with E-state index in [2.05, 4.69) is 10.6 Å². The van der Waals surface area contributed by atoms with Gasteiger partial charge in [-0.1, -0.05) is 0 Å². The lowest BCUT2D eigenvalue weighted by Gasteiger charge is -2.11. The Labute approximate surface area is 77.5 Å². The van der Waals surface area contributed by atoms with E-state index in [1.807, 2.05) is 13.8 Å². The lowest BCUT2D eigenvalue weighted by Crippen LogP contribution is -2.43. The highest BCUT2D eigenvalue weighted by Gasteiger charge is 2.11. The summed E-state index contributed by atoms with van der Waals surface area (Å²) < 4.78 is 0. The summed E-state index contributed by atoms with van der Waals surface area (Å²) in [5.74, 6) is -1.15. The minimum Gasteiger partial charge on any atom is -0.480 e. The molecule has 0 aliphatic heterocycles. The molecule has 0 aliphatic carbocycles. The highest BCUT2D eigenvalue weighted by molar-refractivity contribution is 5.79. The Morgan fingerprint density at radius 2 is 1.85 bits per heavy atom. The van der Waals surface area contributed by atoms with Crippen molar-refractivity contribution < 1.29 is 14.7 Å². The second kappa shape index (κ2) is 5.53. The van der Waals surface area contributed by atoms with E-state index in [-0.39, 0.29) is 18.5 Å². The molecule has 0 heterocycles. The van der Waals surface area contributed by atoms with Gasteiger partial charge in [-0.3, -0.25) is 14.9 Å². The number of aliphatic carboxylic acids is 1. The molecule has 0 saturated carbocycles. The third-order valence-corrected chi connectivity index (χ3v) is 1.39. The van der Waals surface area contributed by atoms with Gasteiger partial charge in [-0.15, -0.1) is 0 Å². The number of carbonyl (C=O) groups is 2. The van der Waals surface area contributed by atoms with Gasteiger partial charge in [0.25, 0.3) is 0 Å². The topological polar surface area (TPSA) is 78.4 Å². The molecule has 1 atom stereocenters. The summed E-state index contributed by atoms with van der Waals surface area (Å²) in [6.07, 6.45) is 0. The number of carboxylic acid groups (broad SMARTS) is 1. The zero-order valence-electron chi connectivity index (χ0n) is 8.13. The average molecular weight is 188 g/mol. The molecule has 0 bridgehead atoms. The molecule has 0 aromatic carbocycles. The van der Waals surface area contributed by atoms with Crippen molar-refractivity contribution in [3.63, 3.8) is 0 Å². The fourth-order valence-electron chi connectivity index (χ4n) is 0.706. The zero-order valence-corrected chi connectivity index (χ0v) is 8.13. The number of nitrogens with one attached hydrogen (secondary N) is 2. The van der Waals surface area contributed by atoms with Crippen molar-refractivity contribution in [1.82, 2.24) is 10.6 Å². The summed E-state index contributed by atoms with van der Waals surface area (Å²) in [6, 6.07) is -0.618. The van der Waals surface area contributed by atoms with E-state index < -0.39 is 12.0 Å². The molecule has 1 amide bonds. The quantitative estimate of drug-likeness (QED) is 0.547. The summed E-state index contributed by atoms with van der Waals surface area (Å²) in [6.45, 7) is 5.22. The van der Waals surface area contributed by atoms with Gasteiger partial charge in [0.05, 0.1) is 6.54 Å². The monoisotopic (exact) mass is 188 g/mol. The Bertz CT molecular complexity index is 192. The smallest absolute Gasteiger partial charge is 0.320 e. The standard InChI is InChI=1S/C8H16N2O3/c1-5(2)10-7(11)4-9-6(3)8(12)13/h5-6,9H,4H2,1-3H3,(H,10,11)(H,12,13)/t6-/m1/s1. The Morgan fingerprint density at radius 1 is 1.31 bits per heavy atom. The molecule has 0 fully saturated rings. The lowest BCUT2D eigenvalue weighted by atomic mass is 10.3. The van der Waals surface area contributed by atoms with Crippen LogP contribution in [0.2, 0.25) is 0 Å². The van der Waals surface area contributed by atoms with Gasteiger partial charge in [-0.2, -0.15) is 0 Å². The molecule has 0 saturated heterocycles. The molecular weight excluding hydrogens is 172 g/mol. The first kappa shape index (κ1) is 11.9. The summed E-state index contributed by atoms with van der Waals surface area (Å²) >= 11 is 0. The molecule has 5 heteroatoms.